The smallest absolute Gasteiger partial charge is 0.244 e. The molecule has 0 aliphatic rings. The largest absolute Gasteiger partial charge is 0.347 e. The fraction of sp³-hybridized carbons (Fsp3) is 0.429. The molecular formula is C14H16ClF2N3O. The summed E-state index contributed by atoms with van der Waals surface area (Å²) in [6.07, 6.45) is 0.363. The first-order valence-electron chi connectivity index (χ1n) is 6.50. The van der Waals surface area contributed by atoms with Gasteiger partial charge < -0.3 is 9.47 Å². The van der Waals surface area contributed by atoms with E-state index in [-0.39, 0.29) is 17.3 Å². The van der Waals surface area contributed by atoms with Crippen molar-refractivity contribution in [1.29, 1.82) is 0 Å². The molecule has 2 rings (SSSR count). The highest BCUT2D eigenvalue weighted by Gasteiger charge is 2.25. The molecule has 1 unspecified atom stereocenters. The number of fused-ring (bicyclic) bond motifs is 1. The van der Waals surface area contributed by atoms with Gasteiger partial charge in [-0.2, -0.15) is 0 Å². The molecule has 0 radical (unpaired) electrons. The number of halogens is 3. The topological polar surface area (TPSA) is 38.1 Å². The third kappa shape index (κ3) is 2.72. The van der Waals surface area contributed by atoms with Crippen molar-refractivity contribution in [2.45, 2.75) is 19.4 Å². The minimum atomic E-state index is -1.00. The molecule has 0 fully saturated rings. The number of likely N-dealkylation sites (N-methyl/N-ethyl adjacent to an activating group) is 1. The number of rotatable bonds is 4. The second-order valence-electron chi connectivity index (χ2n) is 4.97. The number of hydrogen-bond donors (Lipinski definition) is 0. The molecule has 114 valence electrons. The van der Waals surface area contributed by atoms with E-state index in [1.807, 2.05) is 0 Å². The Morgan fingerprint density at radius 3 is 2.67 bits per heavy atom. The van der Waals surface area contributed by atoms with Gasteiger partial charge in [-0.3, -0.25) is 4.79 Å². The van der Waals surface area contributed by atoms with E-state index in [4.69, 9.17) is 11.6 Å². The second-order valence-corrected chi connectivity index (χ2v) is 5.35. The van der Waals surface area contributed by atoms with E-state index in [1.54, 1.807) is 21.0 Å². The molecule has 0 aliphatic heterocycles. The van der Waals surface area contributed by atoms with Gasteiger partial charge in [0.05, 0.1) is 5.52 Å². The highest BCUT2D eigenvalue weighted by atomic mass is 35.5. The maximum absolute atomic E-state index is 14.1. The van der Waals surface area contributed by atoms with Gasteiger partial charge in [0.2, 0.25) is 5.91 Å². The summed E-state index contributed by atoms with van der Waals surface area (Å²) in [7, 11) is 3.21. The fourth-order valence-electron chi connectivity index (χ4n) is 2.33. The third-order valence-electron chi connectivity index (χ3n) is 3.32. The zero-order chi connectivity index (χ0) is 15.7. The molecule has 1 atom stereocenters. The molecule has 0 saturated carbocycles. The highest BCUT2D eigenvalue weighted by molar-refractivity contribution is 6.17. The van der Waals surface area contributed by atoms with Crippen LogP contribution in [0.5, 0.6) is 0 Å². The molecule has 7 heteroatoms. The molecule has 4 nitrogen and oxygen atoms in total. The number of benzene rings is 1. The number of nitrogens with zero attached hydrogens (tertiary/aromatic N) is 3. The lowest BCUT2D eigenvalue weighted by Crippen LogP contribution is -2.31. The quantitative estimate of drug-likeness (QED) is 0.814. The van der Waals surface area contributed by atoms with Gasteiger partial charge >= 0.3 is 0 Å². The number of alkyl halides is 1. The van der Waals surface area contributed by atoms with Gasteiger partial charge in [-0.25, -0.2) is 13.8 Å². The molecule has 21 heavy (non-hydrogen) atoms. The van der Waals surface area contributed by atoms with Gasteiger partial charge in [0, 0.05) is 26.4 Å². The van der Waals surface area contributed by atoms with Crippen LogP contribution in [0.3, 0.4) is 0 Å². The van der Waals surface area contributed by atoms with Gasteiger partial charge in [-0.05, 0) is 19.1 Å². The maximum Gasteiger partial charge on any atom is 0.244 e. The number of aryl methyl sites for hydroxylation is 1. The molecule has 2 aromatic rings. The molecule has 0 aliphatic carbocycles. The molecule has 0 N–H and O–H groups in total. The molecule has 1 amide bonds. The summed E-state index contributed by atoms with van der Waals surface area (Å²) < 4.78 is 29.1. The van der Waals surface area contributed by atoms with Gasteiger partial charge in [0.1, 0.15) is 17.4 Å². The van der Waals surface area contributed by atoms with E-state index in [9.17, 15) is 13.6 Å². The van der Waals surface area contributed by atoms with Crippen molar-refractivity contribution >= 4 is 28.5 Å². The van der Waals surface area contributed by atoms with Crippen molar-refractivity contribution in [3.63, 3.8) is 0 Å². The SMILES string of the molecule is CC(C(=O)N(C)C)n1c(CCCl)nc2ccc(F)c(F)c21. The van der Waals surface area contributed by atoms with Crippen molar-refractivity contribution < 1.29 is 13.6 Å². The first-order chi connectivity index (χ1) is 9.88. The summed E-state index contributed by atoms with van der Waals surface area (Å²) in [5.41, 5.74) is 0.310. The minimum Gasteiger partial charge on any atom is -0.347 e. The predicted octanol–water partition coefficient (Wildman–Crippen LogP) is 2.75. The van der Waals surface area contributed by atoms with Gasteiger partial charge in [0.15, 0.2) is 11.6 Å². The summed E-state index contributed by atoms with van der Waals surface area (Å²) in [6.45, 7) is 1.63. The van der Waals surface area contributed by atoms with Crippen LogP contribution in [0.25, 0.3) is 11.0 Å². The van der Waals surface area contributed by atoms with E-state index < -0.39 is 17.7 Å². The van der Waals surface area contributed by atoms with Crippen LogP contribution in [-0.2, 0) is 11.2 Å². The van der Waals surface area contributed by atoms with Gasteiger partial charge in [0.25, 0.3) is 0 Å². The van der Waals surface area contributed by atoms with Crippen LogP contribution in [0.4, 0.5) is 8.78 Å². The molecular weight excluding hydrogens is 300 g/mol. The summed E-state index contributed by atoms with van der Waals surface area (Å²) in [4.78, 5) is 17.8. The Morgan fingerprint density at radius 1 is 1.43 bits per heavy atom. The number of imidazole rings is 1. The van der Waals surface area contributed by atoms with Crippen LogP contribution in [0, 0.1) is 11.6 Å². The van der Waals surface area contributed by atoms with Crippen molar-refractivity contribution in [1.82, 2.24) is 14.5 Å². The predicted molar refractivity (Wildman–Crippen MR) is 77.5 cm³/mol. The Hall–Kier alpha value is -1.69. The Balaban J connectivity index is 2.71. The first-order valence-corrected chi connectivity index (χ1v) is 7.03. The van der Waals surface area contributed by atoms with Crippen molar-refractivity contribution in [2.75, 3.05) is 20.0 Å². The molecule has 0 spiro atoms. The van der Waals surface area contributed by atoms with Gasteiger partial charge in [-0.1, -0.05) is 0 Å². The average molecular weight is 316 g/mol. The summed E-state index contributed by atoms with van der Waals surface area (Å²) in [6, 6.07) is 1.73. The van der Waals surface area contributed by atoms with Crippen LogP contribution in [-0.4, -0.2) is 40.3 Å². The maximum atomic E-state index is 14.1. The Labute approximate surface area is 126 Å². The third-order valence-corrected chi connectivity index (χ3v) is 3.51. The van der Waals surface area contributed by atoms with E-state index in [0.717, 1.165) is 6.07 Å². The number of aromatic nitrogens is 2. The van der Waals surface area contributed by atoms with Crippen molar-refractivity contribution in [3.8, 4) is 0 Å². The van der Waals surface area contributed by atoms with Crippen molar-refractivity contribution in [2.24, 2.45) is 0 Å². The monoisotopic (exact) mass is 315 g/mol. The van der Waals surface area contributed by atoms with Crippen LogP contribution in [0.1, 0.15) is 18.8 Å². The molecule has 1 aromatic carbocycles. The summed E-state index contributed by atoms with van der Waals surface area (Å²) in [5, 5.41) is 0. The first kappa shape index (κ1) is 15.7. The highest BCUT2D eigenvalue weighted by Crippen LogP contribution is 2.26. The number of hydrogen-bond acceptors (Lipinski definition) is 2. The lowest BCUT2D eigenvalue weighted by Gasteiger charge is -2.20. The molecule has 1 aromatic heterocycles. The lowest BCUT2D eigenvalue weighted by molar-refractivity contribution is -0.131. The second kappa shape index (κ2) is 5.97. The zero-order valence-corrected chi connectivity index (χ0v) is 12.8. The Morgan fingerprint density at radius 2 is 2.10 bits per heavy atom. The fourth-order valence-corrected chi connectivity index (χ4v) is 2.50. The van der Waals surface area contributed by atoms with Crippen LogP contribution < -0.4 is 0 Å². The standard InChI is InChI=1S/C14H16ClF2N3O/c1-8(14(21)19(2)3)20-11(6-7-15)18-10-5-4-9(16)12(17)13(10)20/h4-5,8H,6-7H2,1-3H3. The molecule has 0 saturated heterocycles. The molecule has 0 bridgehead atoms. The summed E-state index contributed by atoms with van der Waals surface area (Å²) >= 11 is 5.74. The molecule has 1 heterocycles. The minimum absolute atomic E-state index is 0.00202. The van der Waals surface area contributed by atoms with E-state index in [0.29, 0.717) is 17.8 Å². The van der Waals surface area contributed by atoms with Crippen molar-refractivity contribution in [3.05, 3.63) is 29.6 Å². The average Bonchev–Trinajstić information content (AvgIpc) is 2.80. The van der Waals surface area contributed by atoms with E-state index >= 15 is 0 Å². The van der Waals surface area contributed by atoms with Crippen LogP contribution in [0.2, 0.25) is 0 Å². The van der Waals surface area contributed by atoms with E-state index in [1.165, 1.54) is 15.5 Å². The van der Waals surface area contributed by atoms with E-state index in [2.05, 4.69) is 4.98 Å². The number of carbonyl (C=O) groups is 1. The summed E-state index contributed by atoms with van der Waals surface area (Å²) in [5.74, 6) is -1.46. The Kier molecular flexibility index (Phi) is 4.46. The number of amides is 1. The number of carbonyl (C=O) groups excluding carboxylic acids is 1. The zero-order valence-electron chi connectivity index (χ0n) is 12.0. The van der Waals surface area contributed by atoms with Crippen LogP contribution >= 0.6 is 11.6 Å². The van der Waals surface area contributed by atoms with Crippen LogP contribution in [0.15, 0.2) is 12.1 Å². The Bertz CT molecular complexity index is 684. The van der Waals surface area contributed by atoms with Gasteiger partial charge in [-0.15, -0.1) is 11.6 Å². The normalized spacial score (nSPS) is 12.7. The lowest BCUT2D eigenvalue weighted by atomic mass is 10.2.